The van der Waals surface area contributed by atoms with Crippen LogP contribution < -0.4 is 0 Å². The Bertz CT molecular complexity index is 1070. The first kappa shape index (κ1) is 16.0. The maximum Gasteiger partial charge on any atom is 0.161 e. The zero-order valence-corrected chi connectivity index (χ0v) is 14.9. The van der Waals surface area contributed by atoms with Gasteiger partial charge in [-0.1, -0.05) is 78.9 Å². The van der Waals surface area contributed by atoms with Crippen LogP contribution in [0.4, 0.5) is 5.69 Å². The molecule has 0 radical (unpaired) electrons. The zero-order valence-electron chi connectivity index (χ0n) is 14.9. The van der Waals surface area contributed by atoms with Crippen molar-refractivity contribution in [3.8, 4) is 0 Å². The van der Waals surface area contributed by atoms with Crippen LogP contribution in [0, 0.1) is 5.92 Å². The quantitative estimate of drug-likeness (QED) is 0.642. The number of ketones is 1. The molecule has 0 fully saturated rings. The third-order valence-corrected chi connectivity index (χ3v) is 5.75. The molecule has 27 heavy (non-hydrogen) atoms. The highest BCUT2D eigenvalue weighted by Gasteiger charge is 2.53. The fraction of sp³-hybridized carbons (Fsp3) is 0.120. The van der Waals surface area contributed by atoms with E-state index in [9.17, 15) is 4.79 Å². The first-order valence-corrected chi connectivity index (χ1v) is 9.29. The molecule has 2 aliphatic rings. The molecule has 2 heteroatoms. The van der Waals surface area contributed by atoms with Crippen molar-refractivity contribution in [1.29, 1.82) is 0 Å². The molecule has 1 spiro atoms. The summed E-state index contributed by atoms with van der Waals surface area (Å²) in [5.74, 6) is 0.00312. The van der Waals surface area contributed by atoms with E-state index in [1.165, 1.54) is 5.56 Å². The van der Waals surface area contributed by atoms with Crippen LogP contribution in [0.15, 0.2) is 96.0 Å². The van der Waals surface area contributed by atoms with Crippen molar-refractivity contribution in [3.63, 3.8) is 0 Å². The van der Waals surface area contributed by atoms with Gasteiger partial charge in [0.1, 0.15) is 0 Å². The third kappa shape index (κ3) is 2.41. The maximum atomic E-state index is 13.2. The van der Waals surface area contributed by atoms with Crippen molar-refractivity contribution >= 4 is 23.3 Å². The van der Waals surface area contributed by atoms with E-state index < -0.39 is 5.41 Å². The first-order valence-electron chi connectivity index (χ1n) is 9.29. The van der Waals surface area contributed by atoms with E-state index in [1.54, 1.807) is 0 Å². The third-order valence-electron chi connectivity index (χ3n) is 5.75. The standard InChI is InChI=1S/C25H19NO/c27-24-16-21(19-11-5-2-6-12-19)25(17-26-23-14-8-7-13-20(23)25)22(24)15-18-9-3-1-4-10-18/h1-14,16-17,22H,15H2. The minimum absolute atomic E-state index is 0.178. The van der Waals surface area contributed by atoms with Gasteiger partial charge in [0.05, 0.1) is 11.1 Å². The highest BCUT2D eigenvalue weighted by molar-refractivity contribution is 6.16. The molecule has 1 aliphatic heterocycles. The van der Waals surface area contributed by atoms with Gasteiger partial charge >= 0.3 is 0 Å². The van der Waals surface area contributed by atoms with E-state index >= 15 is 0 Å². The van der Waals surface area contributed by atoms with Gasteiger partial charge in [-0.2, -0.15) is 0 Å². The summed E-state index contributed by atoms with van der Waals surface area (Å²) in [5.41, 5.74) is 4.92. The molecule has 3 aromatic carbocycles. The van der Waals surface area contributed by atoms with Gasteiger partial charge in [-0.25, -0.2) is 0 Å². The first-order chi connectivity index (χ1) is 13.3. The Kier molecular flexibility index (Phi) is 3.64. The summed E-state index contributed by atoms with van der Waals surface area (Å²) in [6.45, 7) is 0. The van der Waals surface area contributed by atoms with E-state index in [0.29, 0.717) is 6.42 Å². The SMILES string of the molecule is O=C1C=C(c2ccccc2)C2(C=Nc3ccccc32)C1Cc1ccccc1. The summed E-state index contributed by atoms with van der Waals surface area (Å²) in [4.78, 5) is 17.9. The fourth-order valence-corrected chi connectivity index (χ4v) is 4.49. The highest BCUT2D eigenvalue weighted by atomic mass is 16.1. The number of carbonyl (C=O) groups excluding carboxylic acids is 1. The molecule has 2 nitrogen and oxygen atoms in total. The van der Waals surface area contributed by atoms with Crippen LogP contribution in [0.5, 0.6) is 0 Å². The van der Waals surface area contributed by atoms with E-state index in [-0.39, 0.29) is 11.7 Å². The number of carbonyl (C=O) groups is 1. The number of hydrogen-bond acceptors (Lipinski definition) is 2. The Morgan fingerprint density at radius 1 is 0.815 bits per heavy atom. The van der Waals surface area contributed by atoms with Crippen LogP contribution in [-0.2, 0) is 16.6 Å². The predicted molar refractivity (Wildman–Crippen MR) is 109 cm³/mol. The fourth-order valence-electron chi connectivity index (χ4n) is 4.49. The van der Waals surface area contributed by atoms with Crippen LogP contribution in [0.3, 0.4) is 0 Å². The summed E-state index contributed by atoms with van der Waals surface area (Å²) in [6.07, 6.45) is 4.55. The maximum absolute atomic E-state index is 13.2. The molecule has 1 aliphatic carbocycles. The summed E-state index contributed by atoms with van der Waals surface area (Å²) >= 11 is 0. The molecule has 130 valence electrons. The molecule has 2 atom stereocenters. The highest BCUT2D eigenvalue weighted by Crippen LogP contribution is 2.54. The van der Waals surface area contributed by atoms with E-state index in [2.05, 4.69) is 30.3 Å². The summed E-state index contributed by atoms with van der Waals surface area (Å²) in [7, 11) is 0. The molecular formula is C25H19NO. The van der Waals surface area contributed by atoms with Gasteiger partial charge in [-0.15, -0.1) is 0 Å². The largest absolute Gasteiger partial charge is 0.294 e. The number of aliphatic imine (C=N–C) groups is 1. The van der Waals surface area contributed by atoms with Crippen molar-refractivity contribution in [3.05, 3.63) is 108 Å². The molecule has 0 aromatic heterocycles. The average Bonchev–Trinajstić information content (AvgIpc) is 3.24. The van der Waals surface area contributed by atoms with E-state index in [0.717, 1.165) is 22.4 Å². The van der Waals surface area contributed by atoms with Crippen molar-refractivity contribution in [1.82, 2.24) is 0 Å². The second-order valence-corrected chi connectivity index (χ2v) is 7.21. The predicted octanol–water partition coefficient (Wildman–Crippen LogP) is 5.17. The summed E-state index contributed by atoms with van der Waals surface area (Å²) in [5, 5.41) is 0. The molecule has 0 saturated carbocycles. The average molecular weight is 349 g/mol. The monoisotopic (exact) mass is 349 g/mol. The van der Waals surface area contributed by atoms with Crippen molar-refractivity contribution in [2.45, 2.75) is 11.8 Å². The van der Waals surface area contributed by atoms with Crippen molar-refractivity contribution < 1.29 is 4.79 Å². The van der Waals surface area contributed by atoms with Gasteiger partial charge in [0.2, 0.25) is 0 Å². The lowest BCUT2D eigenvalue weighted by molar-refractivity contribution is -0.118. The molecule has 0 bridgehead atoms. The number of fused-ring (bicyclic) bond motifs is 2. The molecule has 1 heterocycles. The number of nitrogens with zero attached hydrogens (tertiary/aromatic N) is 1. The van der Waals surface area contributed by atoms with Gasteiger partial charge in [-0.3, -0.25) is 9.79 Å². The Morgan fingerprint density at radius 2 is 1.48 bits per heavy atom. The Balaban J connectivity index is 1.69. The molecule has 2 unspecified atom stereocenters. The Hall–Kier alpha value is -3.26. The van der Waals surface area contributed by atoms with Crippen LogP contribution >= 0.6 is 0 Å². The number of hydrogen-bond donors (Lipinski definition) is 0. The van der Waals surface area contributed by atoms with Crippen molar-refractivity contribution in [2.24, 2.45) is 10.9 Å². The van der Waals surface area contributed by atoms with Crippen LogP contribution in [0.25, 0.3) is 5.57 Å². The van der Waals surface area contributed by atoms with Gasteiger partial charge in [0, 0.05) is 12.1 Å². The van der Waals surface area contributed by atoms with Gasteiger partial charge in [0.25, 0.3) is 0 Å². The second-order valence-electron chi connectivity index (χ2n) is 7.21. The minimum Gasteiger partial charge on any atom is -0.294 e. The Labute approximate surface area is 158 Å². The number of benzene rings is 3. The molecule has 0 N–H and O–H groups in total. The molecule has 5 rings (SSSR count). The second kappa shape index (κ2) is 6.17. The topological polar surface area (TPSA) is 29.4 Å². The molecular weight excluding hydrogens is 330 g/mol. The van der Waals surface area contributed by atoms with Crippen LogP contribution in [-0.4, -0.2) is 12.0 Å². The minimum atomic E-state index is -0.495. The lowest BCUT2D eigenvalue weighted by atomic mass is 9.66. The summed E-state index contributed by atoms with van der Waals surface area (Å²) in [6, 6.07) is 28.7. The zero-order chi connectivity index (χ0) is 18.3. The number of para-hydroxylation sites is 1. The molecule has 3 aromatic rings. The van der Waals surface area contributed by atoms with Gasteiger partial charge in [0.15, 0.2) is 5.78 Å². The molecule has 0 saturated heterocycles. The Morgan fingerprint density at radius 3 is 2.26 bits per heavy atom. The van der Waals surface area contributed by atoms with E-state index in [4.69, 9.17) is 4.99 Å². The van der Waals surface area contributed by atoms with Gasteiger partial charge < -0.3 is 0 Å². The van der Waals surface area contributed by atoms with Gasteiger partial charge in [-0.05, 0) is 40.8 Å². The normalized spacial score (nSPS) is 22.9. The van der Waals surface area contributed by atoms with E-state index in [1.807, 2.05) is 66.9 Å². The lowest BCUT2D eigenvalue weighted by Gasteiger charge is -2.33. The van der Waals surface area contributed by atoms with Crippen molar-refractivity contribution in [2.75, 3.05) is 0 Å². The van der Waals surface area contributed by atoms with Crippen LogP contribution in [0.2, 0.25) is 0 Å². The van der Waals surface area contributed by atoms with Crippen LogP contribution in [0.1, 0.15) is 16.7 Å². The lowest BCUT2D eigenvalue weighted by Crippen LogP contribution is -2.37. The smallest absolute Gasteiger partial charge is 0.161 e. The number of allylic oxidation sites excluding steroid dienone is 2. The number of rotatable bonds is 3. The summed E-state index contributed by atoms with van der Waals surface area (Å²) < 4.78 is 0. The molecule has 0 amide bonds.